The van der Waals surface area contributed by atoms with Gasteiger partial charge in [0.25, 0.3) is 11.6 Å². The molecule has 0 spiro atoms. The van der Waals surface area contributed by atoms with Crippen LogP contribution in [0.3, 0.4) is 0 Å². The van der Waals surface area contributed by atoms with E-state index in [4.69, 9.17) is 9.63 Å². The van der Waals surface area contributed by atoms with Gasteiger partial charge < -0.3 is 14.9 Å². The molecule has 2 aromatic heterocycles. The van der Waals surface area contributed by atoms with Gasteiger partial charge >= 0.3 is 5.97 Å². The number of pyridine rings is 1. The van der Waals surface area contributed by atoms with E-state index in [0.717, 1.165) is 12.8 Å². The van der Waals surface area contributed by atoms with E-state index in [-0.39, 0.29) is 22.6 Å². The SMILES string of the molecule is CC(C)(C)Cc1noc2nc(C3CC3)cc(C(=O)NC(CF)C(=O)O)c12. The summed E-state index contributed by atoms with van der Waals surface area (Å²) in [4.78, 5) is 28.2. The number of carbonyl (C=O) groups excluding carboxylic acids is 1. The smallest absolute Gasteiger partial charge is 0.328 e. The molecule has 0 aliphatic heterocycles. The van der Waals surface area contributed by atoms with Crippen LogP contribution >= 0.6 is 0 Å². The van der Waals surface area contributed by atoms with Crippen LogP contribution in [-0.4, -0.2) is 39.8 Å². The van der Waals surface area contributed by atoms with E-state index >= 15 is 0 Å². The fourth-order valence-corrected chi connectivity index (χ4v) is 2.82. The Morgan fingerprint density at radius 3 is 2.65 bits per heavy atom. The predicted octanol–water partition coefficient (Wildman–Crippen LogP) is 2.84. The number of aromatic nitrogens is 2. The third-order valence-electron chi connectivity index (χ3n) is 4.23. The minimum absolute atomic E-state index is 0.102. The van der Waals surface area contributed by atoms with E-state index in [2.05, 4.69) is 15.5 Å². The van der Waals surface area contributed by atoms with Gasteiger partial charge in [0.1, 0.15) is 6.67 Å². The zero-order valence-electron chi connectivity index (χ0n) is 15.0. The number of hydrogen-bond donors (Lipinski definition) is 2. The summed E-state index contributed by atoms with van der Waals surface area (Å²) in [6.45, 7) is 4.90. The second-order valence-corrected chi connectivity index (χ2v) is 7.93. The second kappa shape index (κ2) is 6.66. The van der Waals surface area contributed by atoms with Gasteiger partial charge in [-0.15, -0.1) is 0 Å². The Labute approximate surface area is 150 Å². The lowest BCUT2D eigenvalue weighted by atomic mass is 9.89. The van der Waals surface area contributed by atoms with Crippen LogP contribution in [0.25, 0.3) is 11.1 Å². The van der Waals surface area contributed by atoms with Gasteiger partial charge in [-0.2, -0.15) is 0 Å². The molecule has 3 rings (SSSR count). The maximum absolute atomic E-state index is 12.9. The van der Waals surface area contributed by atoms with Crippen molar-refractivity contribution in [3.63, 3.8) is 0 Å². The lowest BCUT2D eigenvalue weighted by Crippen LogP contribution is -2.42. The Kier molecular flexibility index (Phi) is 4.68. The summed E-state index contributed by atoms with van der Waals surface area (Å²) in [6.07, 6.45) is 2.51. The van der Waals surface area contributed by atoms with Crippen LogP contribution in [0.1, 0.15) is 61.3 Å². The van der Waals surface area contributed by atoms with Crippen molar-refractivity contribution in [1.29, 1.82) is 0 Å². The maximum atomic E-state index is 12.9. The summed E-state index contributed by atoms with van der Waals surface area (Å²) in [5, 5.41) is 15.8. The van der Waals surface area contributed by atoms with Crippen molar-refractivity contribution in [2.45, 2.75) is 52.0 Å². The summed E-state index contributed by atoms with van der Waals surface area (Å²) in [7, 11) is 0. The number of carboxylic acids is 1. The molecule has 1 fully saturated rings. The molecule has 1 atom stereocenters. The largest absolute Gasteiger partial charge is 0.480 e. The average molecular weight is 363 g/mol. The van der Waals surface area contributed by atoms with Crippen molar-refractivity contribution in [3.05, 3.63) is 23.0 Å². The topological polar surface area (TPSA) is 105 Å². The molecule has 7 nitrogen and oxygen atoms in total. The lowest BCUT2D eigenvalue weighted by molar-refractivity contribution is -0.139. The first-order valence-electron chi connectivity index (χ1n) is 8.58. The number of nitrogens with one attached hydrogen (secondary N) is 1. The van der Waals surface area contributed by atoms with Gasteiger partial charge in [0.2, 0.25) is 0 Å². The van der Waals surface area contributed by atoms with Crippen molar-refractivity contribution in [2.24, 2.45) is 5.41 Å². The number of rotatable bonds is 6. The molecular weight excluding hydrogens is 341 g/mol. The van der Waals surface area contributed by atoms with Crippen LogP contribution in [0.5, 0.6) is 0 Å². The molecule has 2 aromatic rings. The van der Waals surface area contributed by atoms with E-state index in [1.54, 1.807) is 6.07 Å². The number of alkyl halides is 1. The van der Waals surface area contributed by atoms with Gasteiger partial charge in [0, 0.05) is 11.6 Å². The Morgan fingerprint density at radius 2 is 2.12 bits per heavy atom. The number of carboxylic acid groups (broad SMARTS) is 1. The van der Waals surface area contributed by atoms with Gasteiger partial charge in [-0.05, 0) is 30.7 Å². The molecule has 1 saturated carbocycles. The molecule has 8 heteroatoms. The molecular formula is C18H22FN3O4. The van der Waals surface area contributed by atoms with Crippen LogP contribution in [0.4, 0.5) is 4.39 Å². The van der Waals surface area contributed by atoms with Gasteiger partial charge in [-0.1, -0.05) is 25.9 Å². The molecule has 1 aliphatic rings. The van der Waals surface area contributed by atoms with Gasteiger partial charge in [0.15, 0.2) is 6.04 Å². The highest BCUT2D eigenvalue weighted by Crippen LogP contribution is 2.40. The van der Waals surface area contributed by atoms with Gasteiger partial charge in [-0.25, -0.2) is 14.2 Å². The third-order valence-corrected chi connectivity index (χ3v) is 4.23. The van der Waals surface area contributed by atoms with Crippen molar-refractivity contribution >= 4 is 23.0 Å². The van der Waals surface area contributed by atoms with Gasteiger partial charge in [0.05, 0.1) is 16.6 Å². The number of carbonyl (C=O) groups is 2. The van der Waals surface area contributed by atoms with E-state index < -0.39 is 24.6 Å². The van der Waals surface area contributed by atoms with E-state index in [1.807, 2.05) is 20.8 Å². The summed E-state index contributed by atoms with van der Waals surface area (Å²) in [5.74, 6) is -1.82. The number of fused-ring (bicyclic) bond motifs is 1. The molecule has 2 N–H and O–H groups in total. The number of amides is 1. The van der Waals surface area contributed by atoms with Crippen LogP contribution < -0.4 is 5.32 Å². The molecule has 0 aromatic carbocycles. The monoisotopic (exact) mass is 363 g/mol. The number of nitrogens with zero attached hydrogens (tertiary/aromatic N) is 2. The quantitative estimate of drug-likeness (QED) is 0.817. The highest BCUT2D eigenvalue weighted by Gasteiger charge is 2.31. The van der Waals surface area contributed by atoms with Crippen LogP contribution in [-0.2, 0) is 11.2 Å². The highest BCUT2D eigenvalue weighted by atomic mass is 19.1. The number of hydrogen-bond acceptors (Lipinski definition) is 5. The first-order valence-corrected chi connectivity index (χ1v) is 8.58. The van der Waals surface area contributed by atoms with Crippen LogP contribution in [0, 0.1) is 5.41 Å². The maximum Gasteiger partial charge on any atom is 0.328 e. The molecule has 1 unspecified atom stereocenters. The second-order valence-electron chi connectivity index (χ2n) is 7.93. The van der Waals surface area contributed by atoms with Crippen molar-refractivity contribution < 1.29 is 23.6 Å². The normalized spacial score (nSPS) is 15.8. The first-order chi connectivity index (χ1) is 12.2. The fourth-order valence-electron chi connectivity index (χ4n) is 2.82. The third kappa shape index (κ3) is 3.84. The van der Waals surface area contributed by atoms with E-state index in [0.29, 0.717) is 23.2 Å². The highest BCUT2D eigenvalue weighted by molar-refractivity contribution is 6.07. The van der Waals surface area contributed by atoms with Crippen molar-refractivity contribution in [2.75, 3.05) is 6.67 Å². The van der Waals surface area contributed by atoms with Crippen LogP contribution in [0.2, 0.25) is 0 Å². The van der Waals surface area contributed by atoms with Crippen LogP contribution in [0.15, 0.2) is 10.6 Å². The van der Waals surface area contributed by atoms with E-state index in [1.165, 1.54) is 0 Å². The van der Waals surface area contributed by atoms with Crippen molar-refractivity contribution in [3.8, 4) is 0 Å². The molecule has 1 aliphatic carbocycles. The minimum atomic E-state index is -1.60. The molecule has 0 radical (unpaired) electrons. The Hall–Kier alpha value is -2.51. The zero-order chi connectivity index (χ0) is 19.1. The van der Waals surface area contributed by atoms with E-state index in [9.17, 15) is 14.0 Å². The minimum Gasteiger partial charge on any atom is -0.480 e. The summed E-state index contributed by atoms with van der Waals surface area (Å²) >= 11 is 0. The molecule has 1 amide bonds. The predicted molar refractivity (Wildman–Crippen MR) is 91.8 cm³/mol. The summed E-state index contributed by atoms with van der Waals surface area (Å²) in [5.41, 5.74) is 1.69. The standard InChI is InChI=1S/C18H22FN3O4/c1-18(2,3)7-12-14-10(15(23)20-13(8-19)17(24)25)6-11(9-4-5-9)21-16(14)26-22-12/h6,9,13H,4-5,7-8H2,1-3H3,(H,20,23)(H,24,25). The number of halogens is 1. The average Bonchev–Trinajstić information content (AvgIpc) is 3.33. The summed E-state index contributed by atoms with van der Waals surface area (Å²) < 4.78 is 18.3. The summed E-state index contributed by atoms with van der Waals surface area (Å²) in [6, 6.07) is 0.0524. The molecule has 0 saturated heterocycles. The Bertz CT molecular complexity index is 852. The molecule has 140 valence electrons. The van der Waals surface area contributed by atoms with Crippen molar-refractivity contribution in [1.82, 2.24) is 15.5 Å². The fraction of sp³-hybridized carbons (Fsp3) is 0.556. The number of aliphatic carboxylic acids is 1. The Balaban J connectivity index is 2.06. The zero-order valence-corrected chi connectivity index (χ0v) is 15.0. The van der Waals surface area contributed by atoms with Gasteiger partial charge in [-0.3, -0.25) is 4.79 Å². The Morgan fingerprint density at radius 1 is 1.42 bits per heavy atom. The molecule has 2 heterocycles. The first kappa shape index (κ1) is 18.3. The lowest BCUT2D eigenvalue weighted by Gasteiger charge is -2.17. The molecule has 0 bridgehead atoms. The molecule has 26 heavy (non-hydrogen) atoms.